The molecule has 8 heteroatoms. The predicted octanol–water partition coefficient (Wildman–Crippen LogP) is 1.57. The third-order valence-electron chi connectivity index (χ3n) is 4.69. The van der Waals surface area contributed by atoms with E-state index in [9.17, 15) is 14.9 Å². The lowest BCUT2D eigenvalue weighted by Gasteiger charge is -2.30. The first-order chi connectivity index (χ1) is 12.0. The van der Waals surface area contributed by atoms with Gasteiger partial charge in [0.05, 0.1) is 17.6 Å². The summed E-state index contributed by atoms with van der Waals surface area (Å²) in [5.74, 6) is -0.263. The van der Waals surface area contributed by atoms with Gasteiger partial charge in [-0.3, -0.25) is 14.9 Å². The molecule has 136 valence electrons. The van der Waals surface area contributed by atoms with Gasteiger partial charge < -0.3 is 19.9 Å². The van der Waals surface area contributed by atoms with Crippen LogP contribution in [0.3, 0.4) is 0 Å². The van der Waals surface area contributed by atoms with E-state index >= 15 is 0 Å². The van der Waals surface area contributed by atoms with Crippen LogP contribution in [0.1, 0.15) is 23.2 Å². The molecule has 0 bridgehead atoms. The first-order valence-electron chi connectivity index (χ1n) is 8.66. The van der Waals surface area contributed by atoms with Gasteiger partial charge in [-0.25, -0.2) is 0 Å². The summed E-state index contributed by atoms with van der Waals surface area (Å²) in [5, 5.41) is 14.5. The van der Waals surface area contributed by atoms with Gasteiger partial charge in [0.15, 0.2) is 0 Å². The summed E-state index contributed by atoms with van der Waals surface area (Å²) in [5.41, 5.74) is 0.708. The lowest BCUT2D eigenvalue weighted by atomic mass is 10.1. The number of likely N-dealkylation sites (N-methyl/N-ethyl adjacent to an activating group) is 1. The summed E-state index contributed by atoms with van der Waals surface area (Å²) >= 11 is 0. The van der Waals surface area contributed by atoms with Crippen molar-refractivity contribution in [2.75, 3.05) is 51.7 Å². The van der Waals surface area contributed by atoms with Gasteiger partial charge in [0.1, 0.15) is 5.56 Å². The molecule has 1 atom stereocenters. The molecule has 0 spiro atoms. The number of carbonyl (C=O) groups excluding carboxylic acids is 1. The normalized spacial score (nSPS) is 21.3. The molecule has 0 radical (unpaired) electrons. The number of nitrogens with zero attached hydrogens (tertiary/aromatic N) is 3. The number of rotatable bonds is 5. The van der Waals surface area contributed by atoms with Gasteiger partial charge in [-0.2, -0.15) is 0 Å². The minimum atomic E-state index is -0.494. The highest BCUT2D eigenvalue weighted by Crippen LogP contribution is 2.25. The van der Waals surface area contributed by atoms with E-state index in [-0.39, 0.29) is 23.3 Å². The number of nitro benzene ring substituents is 1. The number of amides is 1. The summed E-state index contributed by atoms with van der Waals surface area (Å²) in [4.78, 5) is 27.3. The first kappa shape index (κ1) is 17.6. The standard InChI is InChI=1S/C17H24N4O4/c1-19-8-9-25-14(12-19)11-18-13-4-5-16(21(23)24)15(10-13)17(22)20-6-2-3-7-20/h4-5,10,14,18H,2-3,6-9,11-12H2,1H3. The quantitative estimate of drug-likeness (QED) is 0.642. The molecule has 1 unspecified atom stereocenters. The minimum Gasteiger partial charge on any atom is -0.382 e. The highest BCUT2D eigenvalue weighted by molar-refractivity contribution is 5.99. The second-order valence-corrected chi connectivity index (χ2v) is 6.62. The second kappa shape index (κ2) is 7.79. The molecule has 0 aliphatic carbocycles. The van der Waals surface area contributed by atoms with E-state index in [1.807, 2.05) is 7.05 Å². The molecule has 1 aromatic carbocycles. The lowest BCUT2D eigenvalue weighted by Crippen LogP contribution is -2.43. The fourth-order valence-corrected chi connectivity index (χ4v) is 3.29. The van der Waals surface area contributed by atoms with Crippen LogP contribution in [0, 0.1) is 10.1 Å². The summed E-state index contributed by atoms with van der Waals surface area (Å²) < 4.78 is 5.70. The van der Waals surface area contributed by atoms with Crippen LogP contribution in [-0.2, 0) is 4.74 Å². The molecule has 2 aliphatic rings. The maximum Gasteiger partial charge on any atom is 0.282 e. The Morgan fingerprint density at radius 1 is 1.36 bits per heavy atom. The largest absolute Gasteiger partial charge is 0.382 e. The number of ether oxygens (including phenoxy) is 1. The molecule has 25 heavy (non-hydrogen) atoms. The van der Waals surface area contributed by atoms with Crippen LogP contribution in [0.15, 0.2) is 18.2 Å². The Hall–Kier alpha value is -2.19. The van der Waals surface area contributed by atoms with Gasteiger partial charge in [0, 0.05) is 44.5 Å². The first-order valence-corrected chi connectivity index (χ1v) is 8.66. The number of anilines is 1. The topological polar surface area (TPSA) is 88.0 Å². The van der Waals surface area contributed by atoms with Crippen molar-refractivity contribution >= 4 is 17.3 Å². The van der Waals surface area contributed by atoms with Crippen LogP contribution in [0.5, 0.6) is 0 Å². The molecule has 3 rings (SSSR count). The van der Waals surface area contributed by atoms with E-state index < -0.39 is 4.92 Å². The van der Waals surface area contributed by atoms with E-state index in [1.165, 1.54) is 6.07 Å². The summed E-state index contributed by atoms with van der Waals surface area (Å²) in [6.07, 6.45) is 1.96. The Morgan fingerprint density at radius 2 is 2.12 bits per heavy atom. The molecule has 8 nitrogen and oxygen atoms in total. The van der Waals surface area contributed by atoms with Gasteiger partial charge in [-0.15, -0.1) is 0 Å². The lowest BCUT2D eigenvalue weighted by molar-refractivity contribution is -0.385. The summed E-state index contributed by atoms with van der Waals surface area (Å²) in [7, 11) is 2.05. The highest BCUT2D eigenvalue weighted by atomic mass is 16.6. The number of nitro groups is 1. The Balaban J connectivity index is 1.73. The zero-order valence-electron chi connectivity index (χ0n) is 14.4. The van der Waals surface area contributed by atoms with Crippen molar-refractivity contribution in [3.05, 3.63) is 33.9 Å². The average molecular weight is 348 g/mol. The van der Waals surface area contributed by atoms with Crippen LogP contribution < -0.4 is 5.32 Å². The van der Waals surface area contributed by atoms with E-state index in [0.717, 1.165) is 25.9 Å². The van der Waals surface area contributed by atoms with Crippen molar-refractivity contribution in [3.63, 3.8) is 0 Å². The number of likely N-dealkylation sites (tertiary alicyclic amines) is 1. The number of morpholine rings is 1. The number of benzene rings is 1. The molecule has 1 aromatic rings. The van der Waals surface area contributed by atoms with E-state index in [0.29, 0.717) is 31.9 Å². The third-order valence-corrected chi connectivity index (χ3v) is 4.69. The van der Waals surface area contributed by atoms with Crippen molar-refractivity contribution in [2.24, 2.45) is 0 Å². The fourth-order valence-electron chi connectivity index (χ4n) is 3.29. The van der Waals surface area contributed by atoms with E-state index in [4.69, 9.17) is 4.74 Å². The maximum atomic E-state index is 12.6. The minimum absolute atomic E-state index is 0.0617. The Labute approximate surface area is 146 Å². The zero-order valence-corrected chi connectivity index (χ0v) is 14.4. The summed E-state index contributed by atoms with van der Waals surface area (Å²) in [6, 6.07) is 4.64. The molecule has 0 saturated carbocycles. The smallest absolute Gasteiger partial charge is 0.282 e. The van der Waals surface area contributed by atoms with Crippen molar-refractivity contribution in [1.82, 2.24) is 9.80 Å². The van der Waals surface area contributed by atoms with Gasteiger partial charge in [0.25, 0.3) is 11.6 Å². The monoisotopic (exact) mass is 348 g/mol. The van der Waals surface area contributed by atoms with Crippen LogP contribution in [0.4, 0.5) is 11.4 Å². The van der Waals surface area contributed by atoms with Gasteiger partial charge >= 0.3 is 0 Å². The number of hydrogen-bond acceptors (Lipinski definition) is 6. The van der Waals surface area contributed by atoms with Crippen LogP contribution in [0.25, 0.3) is 0 Å². The molecule has 2 heterocycles. The highest BCUT2D eigenvalue weighted by Gasteiger charge is 2.27. The van der Waals surface area contributed by atoms with Gasteiger partial charge in [0.2, 0.25) is 0 Å². The molecular weight excluding hydrogens is 324 g/mol. The molecule has 1 amide bonds. The maximum absolute atomic E-state index is 12.6. The van der Waals surface area contributed by atoms with E-state index in [1.54, 1.807) is 17.0 Å². The molecule has 0 aromatic heterocycles. The molecule has 2 fully saturated rings. The Morgan fingerprint density at radius 3 is 2.80 bits per heavy atom. The number of nitrogens with one attached hydrogen (secondary N) is 1. The average Bonchev–Trinajstić information content (AvgIpc) is 3.13. The Kier molecular flexibility index (Phi) is 5.50. The van der Waals surface area contributed by atoms with E-state index in [2.05, 4.69) is 10.2 Å². The van der Waals surface area contributed by atoms with Gasteiger partial charge in [-0.1, -0.05) is 0 Å². The number of hydrogen-bond donors (Lipinski definition) is 1. The zero-order chi connectivity index (χ0) is 17.8. The SMILES string of the molecule is CN1CCOC(CNc2ccc([N+](=O)[O-])c(C(=O)N3CCCC3)c2)C1. The van der Waals surface area contributed by atoms with Crippen molar-refractivity contribution in [3.8, 4) is 0 Å². The molecule has 2 saturated heterocycles. The molecular formula is C17H24N4O4. The van der Waals surface area contributed by atoms with Crippen LogP contribution in [0.2, 0.25) is 0 Å². The van der Waals surface area contributed by atoms with Crippen molar-refractivity contribution in [1.29, 1.82) is 0 Å². The van der Waals surface area contributed by atoms with Gasteiger partial charge in [-0.05, 0) is 32.0 Å². The Bertz CT molecular complexity index is 646. The van der Waals surface area contributed by atoms with Crippen LogP contribution in [-0.4, -0.2) is 73.1 Å². The van der Waals surface area contributed by atoms with Crippen molar-refractivity contribution < 1.29 is 14.5 Å². The predicted molar refractivity (Wildman–Crippen MR) is 94.0 cm³/mol. The second-order valence-electron chi connectivity index (χ2n) is 6.62. The van der Waals surface area contributed by atoms with Crippen LogP contribution >= 0.6 is 0 Å². The third kappa shape index (κ3) is 4.26. The summed E-state index contributed by atoms with van der Waals surface area (Å²) in [6.45, 7) is 4.37. The molecule has 2 aliphatic heterocycles. The van der Waals surface area contributed by atoms with Crippen molar-refractivity contribution in [2.45, 2.75) is 18.9 Å². The fraction of sp³-hybridized carbons (Fsp3) is 0.588. The molecule has 1 N–H and O–H groups in total. The number of carbonyl (C=O) groups is 1.